The highest BCUT2D eigenvalue weighted by Gasteiger charge is 2.23. The second-order valence-electron chi connectivity index (χ2n) is 3.98. The van der Waals surface area contributed by atoms with Crippen LogP contribution in [0.3, 0.4) is 0 Å². The van der Waals surface area contributed by atoms with E-state index in [4.69, 9.17) is 11.6 Å². The summed E-state index contributed by atoms with van der Waals surface area (Å²) in [6, 6.07) is 0. The molecule has 0 N–H and O–H groups in total. The zero-order chi connectivity index (χ0) is 10.0. The molecule has 0 saturated carbocycles. The highest BCUT2D eigenvalue weighted by Crippen LogP contribution is 2.32. The minimum atomic E-state index is -0.151. The monoisotopic (exact) mass is 202 g/mol. The van der Waals surface area contributed by atoms with Crippen LogP contribution >= 0.6 is 11.6 Å². The molecule has 0 aliphatic heterocycles. The smallest absolute Gasteiger partial charge is 0.102 e. The number of allylic oxidation sites excluding steroid dienone is 4. The zero-order valence-electron chi connectivity index (χ0n) is 8.35. The van der Waals surface area contributed by atoms with Gasteiger partial charge in [0.15, 0.2) is 0 Å². The minimum Gasteiger partial charge on any atom is -0.212 e. The fourth-order valence-corrected chi connectivity index (χ4v) is 1.89. The van der Waals surface area contributed by atoms with E-state index in [9.17, 15) is 4.39 Å². The lowest BCUT2D eigenvalue weighted by molar-refractivity contribution is 0.458. The summed E-state index contributed by atoms with van der Waals surface area (Å²) in [5, 5.41) is -0.151. The van der Waals surface area contributed by atoms with Crippen LogP contribution in [0.4, 0.5) is 4.39 Å². The third-order valence-electron chi connectivity index (χ3n) is 2.72. The Morgan fingerprint density at radius 1 is 1.38 bits per heavy atom. The van der Waals surface area contributed by atoms with Crippen LogP contribution in [-0.4, -0.2) is 5.38 Å². The van der Waals surface area contributed by atoms with Crippen LogP contribution in [0.1, 0.15) is 27.2 Å². The fraction of sp³-hybridized carbons (Fsp3) is 0.636. The molecule has 0 nitrogen and oxygen atoms in total. The molecule has 0 bridgehead atoms. The van der Waals surface area contributed by atoms with E-state index in [0.29, 0.717) is 18.3 Å². The lowest BCUT2D eigenvalue weighted by Gasteiger charge is -2.25. The Bertz CT molecular complexity index is 240. The summed E-state index contributed by atoms with van der Waals surface area (Å²) in [5.74, 6) is 0.883. The van der Waals surface area contributed by atoms with Crippen molar-refractivity contribution in [3.05, 3.63) is 23.6 Å². The van der Waals surface area contributed by atoms with Crippen LogP contribution in [0.25, 0.3) is 0 Å². The summed E-state index contributed by atoms with van der Waals surface area (Å²) in [4.78, 5) is 0. The van der Waals surface area contributed by atoms with E-state index in [-0.39, 0.29) is 11.2 Å². The average molecular weight is 203 g/mol. The molecule has 1 rings (SSSR count). The largest absolute Gasteiger partial charge is 0.212 e. The minimum absolute atomic E-state index is 0.111. The molecule has 1 unspecified atom stereocenters. The molecule has 0 saturated heterocycles. The molecule has 2 atom stereocenters. The second kappa shape index (κ2) is 4.28. The molecule has 0 heterocycles. The van der Waals surface area contributed by atoms with Crippen LogP contribution in [-0.2, 0) is 0 Å². The van der Waals surface area contributed by atoms with Crippen molar-refractivity contribution in [1.29, 1.82) is 0 Å². The predicted octanol–water partition coefficient (Wildman–Crippen LogP) is 4.07. The number of rotatable bonds is 2. The van der Waals surface area contributed by atoms with Gasteiger partial charge in [-0.2, -0.15) is 0 Å². The van der Waals surface area contributed by atoms with E-state index in [0.717, 1.165) is 5.57 Å². The molecule has 0 radical (unpaired) electrons. The van der Waals surface area contributed by atoms with Crippen LogP contribution in [0.2, 0.25) is 0 Å². The van der Waals surface area contributed by atoms with E-state index in [1.807, 2.05) is 6.08 Å². The van der Waals surface area contributed by atoms with Gasteiger partial charge in [0.05, 0.1) is 5.38 Å². The molecule has 1 aliphatic rings. The summed E-state index contributed by atoms with van der Waals surface area (Å²) in [6.07, 6.45) is 3.72. The molecular weight excluding hydrogens is 187 g/mol. The van der Waals surface area contributed by atoms with Gasteiger partial charge in [-0.1, -0.05) is 26.8 Å². The first-order chi connectivity index (χ1) is 6.02. The highest BCUT2D eigenvalue weighted by molar-refractivity contribution is 6.22. The third kappa shape index (κ3) is 2.57. The van der Waals surface area contributed by atoms with Crippen molar-refractivity contribution in [3.63, 3.8) is 0 Å². The zero-order valence-corrected chi connectivity index (χ0v) is 9.11. The van der Waals surface area contributed by atoms with Gasteiger partial charge in [0.1, 0.15) is 5.83 Å². The molecular formula is C11H16ClF. The second-order valence-corrected chi connectivity index (χ2v) is 4.51. The Labute approximate surface area is 84.5 Å². The molecule has 0 spiro atoms. The normalized spacial score (nSPS) is 25.5. The maximum absolute atomic E-state index is 12.8. The van der Waals surface area contributed by atoms with Gasteiger partial charge in [-0.05, 0) is 23.5 Å². The Morgan fingerprint density at radius 3 is 2.46 bits per heavy atom. The summed E-state index contributed by atoms with van der Waals surface area (Å²) in [7, 11) is 0. The van der Waals surface area contributed by atoms with Gasteiger partial charge >= 0.3 is 0 Å². The first-order valence-electron chi connectivity index (χ1n) is 4.72. The Balaban J connectivity index is 2.79. The molecule has 0 fully saturated rings. The average Bonchev–Trinajstić information content (AvgIpc) is 2.03. The molecule has 0 amide bonds. The molecule has 0 aromatic rings. The number of hydrogen-bond donors (Lipinski definition) is 0. The SMILES string of the molecule is CC(C)[C@H](C)C1=CC=C(F)CC1Cl. The number of hydrogen-bond acceptors (Lipinski definition) is 0. The van der Waals surface area contributed by atoms with Gasteiger partial charge in [-0.25, -0.2) is 4.39 Å². The quantitative estimate of drug-likeness (QED) is 0.593. The highest BCUT2D eigenvalue weighted by atomic mass is 35.5. The van der Waals surface area contributed by atoms with Crippen LogP contribution in [0.15, 0.2) is 23.6 Å². The summed E-state index contributed by atoms with van der Waals surface area (Å²) in [6.45, 7) is 6.45. The van der Waals surface area contributed by atoms with Crippen molar-refractivity contribution in [2.24, 2.45) is 11.8 Å². The van der Waals surface area contributed by atoms with E-state index >= 15 is 0 Å². The number of halogens is 2. The summed E-state index contributed by atoms with van der Waals surface area (Å²) >= 11 is 6.07. The molecule has 2 heteroatoms. The van der Waals surface area contributed by atoms with Crippen molar-refractivity contribution >= 4 is 11.6 Å². The molecule has 1 aliphatic carbocycles. The molecule has 74 valence electrons. The van der Waals surface area contributed by atoms with Gasteiger partial charge < -0.3 is 0 Å². The van der Waals surface area contributed by atoms with Crippen molar-refractivity contribution in [2.45, 2.75) is 32.6 Å². The first kappa shape index (κ1) is 10.8. The van der Waals surface area contributed by atoms with Gasteiger partial charge in [-0.3, -0.25) is 0 Å². The third-order valence-corrected chi connectivity index (χ3v) is 3.12. The summed E-state index contributed by atoms with van der Waals surface area (Å²) < 4.78 is 12.8. The van der Waals surface area contributed by atoms with Crippen LogP contribution < -0.4 is 0 Å². The van der Waals surface area contributed by atoms with Crippen molar-refractivity contribution in [3.8, 4) is 0 Å². The van der Waals surface area contributed by atoms with Gasteiger partial charge in [0, 0.05) is 6.42 Å². The maximum Gasteiger partial charge on any atom is 0.102 e. The van der Waals surface area contributed by atoms with Gasteiger partial charge in [0.2, 0.25) is 0 Å². The summed E-state index contributed by atoms with van der Waals surface area (Å²) in [5.41, 5.74) is 1.16. The lowest BCUT2D eigenvalue weighted by atomic mass is 9.85. The van der Waals surface area contributed by atoms with Crippen molar-refractivity contribution in [1.82, 2.24) is 0 Å². The molecule has 13 heavy (non-hydrogen) atoms. The van der Waals surface area contributed by atoms with E-state index < -0.39 is 0 Å². The standard InChI is InChI=1S/C11H16ClF/c1-7(2)8(3)10-5-4-9(13)6-11(10)12/h4-5,7-8,11H,6H2,1-3H3/t8-,11?/m0/s1. The first-order valence-corrected chi connectivity index (χ1v) is 5.16. The molecule has 0 aromatic heterocycles. The molecule has 0 aromatic carbocycles. The number of alkyl halides is 1. The van der Waals surface area contributed by atoms with Crippen molar-refractivity contribution < 1.29 is 4.39 Å². The Hall–Kier alpha value is -0.300. The van der Waals surface area contributed by atoms with E-state index in [1.54, 1.807) is 0 Å². The lowest BCUT2D eigenvalue weighted by Crippen LogP contribution is -2.17. The van der Waals surface area contributed by atoms with Gasteiger partial charge in [0.25, 0.3) is 0 Å². The Morgan fingerprint density at radius 2 is 2.00 bits per heavy atom. The maximum atomic E-state index is 12.8. The Kier molecular flexibility index (Phi) is 3.55. The predicted molar refractivity (Wildman–Crippen MR) is 55.5 cm³/mol. The van der Waals surface area contributed by atoms with Crippen LogP contribution in [0.5, 0.6) is 0 Å². The van der Waals surface area contributed by atoms with Crippen LogP contribution in [0, 0.1) is 11.8 Å². The topological polar surface area (TPSA) is 0 Å². The van der Waals surface area contributed by atoms with Crippen molar-refractivity contribution in [2.75, 3.05) is 0 Å². The fourth-order valence-electron chi connectivity index (χ4n) is 1.47. The van der Waals surface area contributed by atoms with E-state index in [1.165, 1.54) is 6.08 Å². The van der Waals surface area contributed by atoms with E-state index in [2.05, 4.69) is 20.8 Å². The van der Waals surface area contributed by atoms with Gasteiger partial charge in [-0.15, -0.1) is 11.6 Å².